The molecule has 1 aliphatic heterocycles. The molecule has 2 aromatic carbocycles. The van der Waals surface area contributed by atoms with Gasteiger partial charge in [0.05, 0.1) is 0 Å². The number of aliphatic hydroxyl groups is 1. The SMILES string of the molecule is CCCC(CC)NC(O)c1cc(CC2C=NC(n3cccn3)=CC2)c2ccccc2c1O. The van der Waals surface area contributed by atoms with Gasteiger partial charge in [-0.15, -0.1) is 0 Å². The number of hydrogen-bond donors (Lipinski definition) is 3. The van der Waals surface area contributed by atoms with E-state index in [4.69, 9.17) is 0 Å². The molecule has 0 radical (unpaired) electrons. The van der Waals surface area contributed by atoms with Crippen LogP contribution < -0.4 is 5.32 Å². The summed E-state index contributed by atoms with van der Waals surface area (Å²) >= 11 is 0. The van der Waals surface area contributed by atoms with E-state index in [1.165, 1.54) is 0 Å². The zero-order valence-corrected chi connectivity index (χ0v) is 18.8. The Kier molecular flexibility index (Phi) is 7.02. The minimum atomic E-state index is -0.916. The molecule has 32 heavy (non-hydrogen) atoms. The van der Waals surface area contributed by atoms with Crippen molar-refractivity contribution in [2.75, 3.05) is 0 Å². The second-order valence-corrected chi connectivity index (χ2v) is 8.47. The zero-order valence-electron chi connectivity index (χ0n) is 18.8. The highest BCUT2D eigenvalue weighted by molar-refractivity contribution is 5.92. The van der Waals surface area contributed by atoms with Crippen molar-refractivity contribution in [2.24, 2.45) is 10.9 Å². The normalized spacial score (nSPS) is 18.0. The highest BCUT2D eigenvalue weighted by atomic mass is 16.3. The first-order valence-corrected chi connectivity index (χ1v) is 11.5. The van der Waals surface area contributed by atoms with E-state index in [2.05, 4.69) is 35.3 Å². The van der Waals surface area contributed by atoms with Crippen molar-refractivity contribution in [3.05, 3.63) is 66.0 Å². The van der Waals surface area contributed by atoms with Crippen LogP contribution in [-0.4, -0.2) is 32.2 Å². The molecule has 1 aromatic heterocycles. The molecule has 6 heteroatoms. The van der Waals surface area contributed by atoms with Crippen LogP contribution in [0.25, 0.3) is 16.6 Å². The van der Waals surface area contributed by atoms with Crippen LogP contribution in [0.1, 0.15) is 56.9 Å². The van der Waals surface area contributed by atoms with Crippen molar-refractivity contribution in [3.8, 4) is 5.75 Å². The maximum Gasteiger partial charge on any atom is 0.148 e. The van der Waals surface area contributed by atoms with E-state index in [9.17, 15) is 10.2 Å². The summed E-state index contributed by atoms with van der Waals surface area (Å²) in [5.74, 6) is 1.22. The lowest BCUT2D eigenvalue weighted by Gasteiger charge is -2.24. The fraction of sp³-hybridized carbons (Fsp3) is 0.385. The van der Waals surface area contributed by atoms with Gasteiger partial charge >= 0.3 is 0 Å². The van der Waals surface area contributed by atoms with E-state index in [0.29, 0.717) is 5.56 Å². The van der Waals surface area contributed by atoms with Crippen molar-refractivity contribution in [3.63, 3.8) is 0 Å². The van der Waals surface area contributed by atoms with Gasteiger partial charge in [-0.1, -0.05) is 44.5 Å². The fourth-order valence-corrected chi connectivity index (χ4v) is 4.43. The Morgan fingerprint density at radius 1 is 1.19 bits per heavy atom. The van der Waals surface area contributed by atoms with Gasteiger partial charge in [-0.25, -0.2) is 9.67 Å². The molecule has 2 heterocycles. The van der Waals surface area contributed by atoms with Crippen molar-refractivity contribution in [1.82, 2.24) is 15.1 Å². The van der Waals surface area contributed by atoms with Crippen LogP contribution in [0.4, 0.5) is 0 Å². The van der Waals surface area contributed by atoms with Gasteiger partial charge in [0, 0.05) is 41.5 Å². The topological polar surface area (TPSA) is 82.7 Å². The van der Waals surface area contributed by atoms with Crippen LogP contribution in [0.2, 0.25) is 0 Å². The largest absolute Gasteiger partial charge is 0.507 e. The monoisotopic (exact) mass is 432 g/mol. The van der Waals surface area contributed by atoms with E-state index in [0.717, 1.165) is 54.3 Å². The van der Waals surface area contributed by atoms with Gasteiger partial charge in [0.15, 0.2) is 0 Å². The van der Waals surface area contributed by atoms with Gasteiger partial charge < -0.3 is 10.2 Å². The second-order valence-electron chi connectivity index (χ2n) is 8.47. The Hall–Kier alpha value is -2.96. The Balaban J connectivity index is 1.60. The third-order valence-corrected chi connectivity index (χ3v) is 6.19. The van der Waals surface area contributed by atoms with Crippen LogP contribution in [0.3, 0.4) is 0 Å². The number of nitrogens with zero attached hydrogens (tertiary/aromatic N) is 3. The lowest BCUT2D eigenvalue weighted by molar-refractivity contribution is 0.117. The van der Waals surface area contributed by atoms with Crippen molar-refractivity contribution < 1.29 is 10.2 Å². The van der Waals surface area contributed by atoms with Gasteiger partial charge in [-0.3, -0.25) is 5.32 Å². The van der Waals surface area contributed by atoms with Gasteiger partial charge in [0.1, 0.15) is 17.8 Å². The highest BCUT2D eigenvalue weighted by Crippen LogP contribution is 2.36. The summed E-state index contributed by atoms with van der Waals surface area (Å²) < 4.78 is 1.77. The number of fused-ring (bicyclic) bond motifs is 1. The summed E-state index contributed by atoms with van der Waals surface area (Å²) in [5, 5.41) is 31.2. The van der Waals surface area contributed by atoms with Gasteiger partial charge in [-0.2, -0.15) is 5.10 Å². The summed E-state index contributed by atoms with van der Waals surface area (Å²) in [7, 11) is 0. The molecule has 3 N–H and O–H groups in total. The first-order chi connectivity index (χ1) is 15.6. The molecule has 0 aliphatic carbocycles. The Morgan fingerprint density at radius 2 is 2.00 bits per heavy atom. The molecule has 0 saturated heterocycles. The van der Waals surface area contributed by atoms with E-state index >= 15 is 0 Å². The molecule has 3 aromatic rings. The van der Waals surface area contributed by atoms with Crippen LogP contribution in [0.5, 0.6) is 5.75 Å². The third kappa shape index (κ3) is 4.76. The Labute approximate surface area is 189 Å². The Bertz CT molecular complexity index is 1100. The first kappa shape index (κ1) is 22.2. The van der Waals surface area contributed by atoms with Crippen LogP contribution in [-0.2, 0) is 6.42 Å². The molecule has 0 bridgehead atoms. The number of aromatic nitrogens is 2. The summed E-state index contributed by atoms with van der Waals surface area (Å²) in [4.78, 5) is 4.60. The summed E-state index contributed by atoms with van der Waals surface area (Å²) in [6, 6.07) is 11.9. The molecular weight excluding hydrogens is 400 g/mol. The fourth-order valence-electron chi connectivity index (χ4n) is 4.43. The zero-order chi connectivity index (χ0) is 22.5. The Morgan fingerprint density at radius 3 is 2.66 bits per heavy atom. The molecule has 1 aliphatic rings. The van der Waals surface area contributed by atoms with Crippen molar-refractivity contribution >= 4 is 22.8 Å². The number of aliphatic hydroxyl groups excluding tert-OH is 1. The molecule has 0 amide bonds. The number of phenolic OH excluding ortho intramolecular Hbond substituents is 1. The summed E-state index contributed by atoms with van der Waals surface area (Å²) in [5.41, 5.74) is 1.64. The molecule has 6 nitrogen and oxygen atoms in total. The van der Waals surface area contributed by atoms with Crippen LogP contribution in [0, 0.1) is 5.92 Å². The molecule has 168 valence electrons. The minimum Gasteiger partial charge on any atom is -0.507 e. The first-order valence-electron chi connectivity index (χ1n) is 11.5. The van der Waals surface area contributed by atoms with Crippen LogP contribution in [0.15, 0.2) is 59.9 Å². The molecule has 0 fully saturated rings. The third-order valence-electron chi connectivity index (χ3n) is 6.19. The van der Waals surface area contributed by atoms with Gasteiger partial charge in [-0.05, 0) is 54.8 Å². The maximum atomic E-state index is 11.0. The number of nitrogens with one attached hydrogen (secondary N) is 1. The van der Waals surface area contributed by atoms with Gasteiger partial charge in [0.25, 0.3) is 0 Å². The van der Waals surface area contributed by atoms with Gasteiger partial charge in [0.2, 0.25) is 0 Å². The predicted octanol–water partition coefficient (Wildman–Crippen LogP) is 5.03. The number of aromatic hydroxyl groups is 1. The minimum absolute atomic E-state index is 0.147. The number of hydrogen-bond acceptors (Lipinski definition) is 5. The number of rotatable bonds is 9. The van der Waals surface area contributed by atoms with Crippen molar-refractivity contribution in [1.29, 1.82) is 0 Å². The quantitative estimate of drug-likeness (QED) is 0.414. The molecular formula is C26H32N4O2. The molecule has 0 saturated carbocycles. The standard InChI is InChI=1S/C26H32N4O2/c1-3-8-20(4-2)29-26(32)23-16-19(21-9-5-6-10-22(21)25(23)31)15-18-11-12-24(27-17-18)30-14-7-13-28-30/h5-7,9-10,12-14,16-18,20,26,29,31-32H,3-4,8,11,15H2,1-2H3. The maximum absolute atomic E-state index is 11.0. The second kappa shape index (κ2) is 10.1. The van der Waals surface area contributed by atoms with E-state index in [1.54, 1.807) is 10.9 Å². The summed E-state index contributed by atoms with van der Waals surface area (Å²) in [6.45, 7) is 4.25. The van der Waals surface area contributed by atoms with Crippen molar-refractivity contribution in [2.45, 2.75) is 58.2 Å². The molecule has 3 atom stereocenters. The number of allylic oxidation sites excluding steroid dienone is 1. The average Bonchev–Trinajstić information content (AvgIpc) is 3.36. The summed E-state index contributed by atoms with van der Waals surface area (Å²) in [6.07, 6.45) is 11.4. The smallest absolute Gasteiger partial charge is 0.148 e. The lowest BCUT2D eigenvalue weighted by Crippen LogP contribution is -2.32. The number of benzene rings is 2. The number of phenols is 1. The van der Waals surface area contributed by atoms with Crippen LogP contribution >= 0.6 is 0 Å². The molecule has 4 rings (SSSR count). The van der Waals surface area contributed by atoms with E-state index < -0.39 is 6.23 Å². The predicted molar refractivity (Wildman–Crippen MR) is 129 cm³/mol. The molecule has 0 spiro atoms. The average molecular weight is 433 g/mol. The molecule has 3 unspecified atom stereocenters. The lowest BCUT2D eigenvalue weighted by atomic mass is 9.90. The number of aliphatic imine (C=N–C) groups is 1. The van der Waals surface area contributed by atoms with E-state index in [-0.39, 0.29) is 17.7 Å². The highest BCUT2D eigenvalue weighted by Gasteiger charge is 2.21. The van der Waals surface area contributed by atoms with E-state index in [1.807, 2.05) is 48.8 Å².